The summed E-state index contributed by atoms with van der Waals surface area (Å²) in [6, 6.07) is 17.1. The number of para-hydroxylation sites is 1. The first kappa shape index (κ1) is 19.6. The van der Waals surface area contributed by atoms with Crippen LogP contribution >= 0.6 is 11.3 Å². The Hall–Kier alpha value is -3.15. The quantitative estimate of drug-likeness (QED) is 0.687. The molecule has 0 saturated heterocycles. The van der Waals surface area contributed by atoms with E-state index in [2.05, 4.69) is 5.32 Å². The highest BCUT2D eigenvalue weighted by Gasteiger charge is 2.24. The SMILES string of the molecule is Cc1cccc(N(C)S(=O)(=O)c2csc(C(=O)Nc3ccccc3C#N)c2)c1. The number of carbonyl (C=O) groups excluding carboxylic acids is 1. The summed E-state index contributed by atoms with van der Waals surface area (Å²) in [5.74, 6) is -0.465. The zero-order valence-corrected chi connectivity index (χ0v) is 16.8. The van der Waals surface area contributed by atoms with Gasteiger partial charge in [0.05, 0.1) is 26.7 Å². The van der Waals surface area contributed by atoms with E-state index in [0.29, 0.717) is 16.9 Å². The van der Waals surface area contributed by atoms with Crippen LogP contribution in [0.25, 0.3) is 0 Å². The van der Waals surface area contributed by atoms with Gasteiger partial charge in [0.1, 0.15) is 6.07 Å². The van der Waals surface area contributed by atoms with E-state index in [4.69, 9.17) is 5.26 Å². The van der Waals surface area contributed by atoms with Gasteiger partial charge in [0.15, 0.2) is 0 Å². The molecule has 2 aromatic carbocycles. The average Bonchev–Trinajstić information content (AvgIpc) is 3.19. The van der Waals surface area contributed by atoms with Gasteiger partial charge < -0.3 is 5.32 Å². The Morgan fingerprint density at radius 1 is 1.14 bits per heavy atom. The van der Waals surface area contributed by atoms with E-state index in [1.165, 1.54) is 22.8 Å². The van der Waals surface area contributed by atoms with Crippen molar-refractivity contribution in [2.75, 3.05) is 16.7 Å². The van der Waals surface area contributed by atoms with Crippen molar-refractivity contribution in [3.8, 4) is 6.07 Å². The molecule has 3 aromatic rings. The summed E-state index contributed by atoms with van der Waals surface area (Å²) in [6.45, 7) is 1.88. The first-order valence-electron chi connectivity index (χ1n) is 8.27. The fourth-order valence-electron chi connectivity index (χ4n) is 2.57. The van der Waals surface area contributed by atoms with Gasteiger partial charge in [-0.1, -0.05) is 24.3 Å². The van der Waals surface area contributed by atoms with E-state index in [1.54, 1.807) is 42.5 Å². The molecular formula is C20H17N3O3S2. The molecule has 0 spiro atoms. The van der Waals surface area contributed by atoms with Gasteiger partial charge in [0.25, 0.3) is 15.9 Å². The maximum Gasteiger partial charge on any atom is 0.265 e. The maximum absolute atomic E-state index is 12.9. The molecule has 1 amide bonds. The highest BCUT2D eigenvalue weighted by Crippen LogP contribution is 2.27. The van der Waals surface area contributed by atoms with Crippen molar-refractivity contribution >= 4 is 38.6 Å². The lowest BCUT2D eigenvalue weighted by Gasteiger charge is -2.19. The predicted molar refractivity (Wildman–Crippen MR) is 110 cm³/mol. The van der Waals surface area contributed by atoms with Crippen molar-refractivity contribution < 1.29 is 13.2 Å². The number of nitrogens with zero attached hydrogens (tertiary/aromatic N) is 2. The maximum atomic E-state index is 12.9. The highest BCUT2D eigenvalue weighted by molar-refractivity contribution is 7.93. The fraction of sp³-hybridized carbons (Fsp3) is 0.100. The highest BCUT2D eigenvalue weighted by atomic mass is 32.2. The van der Waals surface area contributed by atoms with Gasteiger partial charge in [-0.15, -0.1) is 11.3 Å². The average molecular weight is 412 g/mol. The van der Waals surface area contributed by atoms with Crippen LogP contribution in [0.5, 0.6) is 0 Å². The van der Waals surface area contributed by atoms with Crippen molar-refractivity contribution in [1.29, 1.82) is 5.26 Å². The number of hydrogen-bond acceptors (Lipinski definition) is 5. The number of amides is 1. The number of aryl methyl sites for hydroxylation is 1. The Bertz CT molecular complexity index is 1180. The lowest BCUT2D eigenvalue weighted by Crippen LogP contribution is -2.26. The van der Waals surface area contributed by atoms with Gasteiger partial charge in [-0.05, 0) is 42.8 Å². The molecule has 3 rings (SSSR count). The van der Waals surface area contributed by atoms with E-state index < -0.39 is 15.9 Å². The molecule has 0 saturated carbocycles. The van der Waals surface area contributed by atoms with Crippen LogP contribution in [0, 0.1) is 18.3 Å². The third-order valence-electron chi connectivity index (χ3n) is 4.12. The molecule has 8 heteroatoms. The Balaban J connectivity index is 1.84. The van der Waals surface area contributed by atoms with E-state index in [1.807, 2.05) is 19.1 Å². The van der Waals surface area contributed by atoms with Crippen LogP contribution in [-0.4, -0.2) is 21.4 Å². The molecule has 1 N–H and O–H groups in total. The predicted octanol–water partition coefficient (Wildman–Crippen LogP) is 4.01. The minimum Gasteiger partial charge on any atom is -0.320 e. The van der Waals surface area contributed by atoms with Crippen LogP contribution in [0.3, 0.4) is 0 Å². The van der Waals surface area contributed by atoms with Gasteiger partial charge in [0.2, 0.25) is 0 Å². The van der Waals surface area contributed by atoms with Crippen LogP contribution in [0.2, 0.25) is 0 Å². The standard InChI is InChI=1S/C20H17N3O3S2/c1-14-6-5-8-16(10-14)23(2)28(25,26)17-11-19(27-13-17)20(24)22-18-9-4-3-7-15(18)12-21/h3-11,13H,1-2H3,(H,22,24). The third-order valence-corrected chi connectivity index (χ3v) is 6.96. The number of nitrogens with one attached hydrogen (secondary N) is 1. The summed E-state index contributed by atoms with van der Waals surface area (Å²) in [4.78, 5) is 12.8. The number of benzene rings is 2. The van der Waals surface area contributed by atoms with Gasteiger partial charge in [-0.25, -0.2) is 8.42 Å². The van der Waals surface area contributed by atoms with E-state index in [0.717, 1.165) is 16.9 Å². The lowest BCUT2D eigenvalue weighted by molar-refractivity contribution is 0.103. The monoisotopic (exact) mass is 411 g/mol. The molecule has 0 unspecified atom stereocenters. The molecule has 142 valence electrons. The summed E-state index contributed by atoms with van der Waals surface area (Å²) in [7, 11) is -2.32. The van der Waals surface area contributed by atoms with E-state index in [9.17, 15) is 13.2 Å². The topological polar surface area (TPSA) is 90.3 Å². The van der Waals surface area contributed by atoms with Gasteiger partial charge in [0, 0.05) is 12.4 Å². The second kappa shape index (κ2) is 7.84. The number of sulfonamides is 1. The van der Waals surface area contributed by atoms with Crippen molar-refractivity contribution in [3.63, 3.8) is 0 Å². The van der Waals surface area contributed by atoms with Gasteiger partial charge in [-0.2, -0.15) is 5.26 Å². The van der Waals surface area contributed by atoms with Gasteiger partial charge >= 0.3 is 0 Å². The van der Waals surface area contributed by atoms with E-state index in [-0.39, 0.29) is 9.77 Å². The summed E-state index contributed by atoms with van der Waals surface area (Å²) in [6.07, 6.45) is 0. The number of thiophene rings is 1. The summed E-state index contributed by atoms with van der Waals surface area (Å²) in [5, 5.41) is 13.2. The van der Waals surface area contributed by atoms with Crippen molar-refractivity contribution in [2.45, 2.75) is 11.8 Å². The summed E-state index contributed by atoms with van der Waals surface area (Å²) < 4.78 is 27.0. The fourth-order valence-corrected chi connectivity index (χ4v) is 4.91. The van der Waals surface area contributed by atoms with Crippen LogP contribution in [0.4, 0.5) is 11.4 Å². The Kier molecular flexibility index (Phi) is 5.49. The third kappa shape index (κ3) is 3.91. The first-order chi connectivity index (χ1) is 13.3. The molecule has 28 heavy (non-hydrogen) atoms. The van der Waals surface area contributed by atoms with Crippen LogP contribution in [-0.2, 0) is 10.0 Å². The lowest BCUT2D eigenvalue weighted by atomic mass is 10.2. The molecule has 0 aliphatic rings. The Morgan fingerprint density at radius 3 is 2.61 bits per heavy atom. The summed E-state index contributed by atoms with van der Waals surface area (Å²) >= 11 is 1.03. The molecule has 0 radical (unpaired) electrons. The van der Waals surface area contributed by atoms with E-state index >= 15 is 0 Å². The number of rotatable bonds is 5. The Labute approximate surface area is 167 Å². The van der Waals surface area contributed by atoms with Crippen LogP contribution < -0.4 is 9.62 Å². The zero-order chi connectivity index (χ0) is 20.3. The largest absolute Gasteiger partial charge is 0.320 e. The molecule has 0 atom stereocenters. The first-order valence-corrected chi connectivity index (χ1v) is 10.6. The minimum atomic E-state index is -3.80. The summed E-state index contributed by atoms with van der Waals surface area (Å²) in [5.41, 5.74) is 2.20. The normalized spacial score (nSPS) is 10.9. The molecular weight excluding hydrogens is 394 g/mol. The molecule has 6 nitrogen and oxygen atoms in total. The second-order valence-corrected chi connectivity index (χ2v) is 8.95. The smallest absolute Gasteiger partial charge is 0.265 e. The molecule has 1 aromatic heterocycles. The number of nitriles is 1. The second-order valence-electron chi connectivity index (χ2n) is 6.07. The molecule has 1 heterocycles. The zero-order valence-electron chi connectivity index (χ0n) is 15.2. The molecule has 0 aliphatic heterocycles. The van der Waals surface area contributed by atoms with Crippen LogP contribution in [0.1, 0.15) is 20.8 Å². The van der Waals surface area contributed by atoms with Crippen molar-refractivity contribution in [3.05, 3.63) is 76.0 Å². The van der Waals surface area contributed by atoms with Gasteiger partial charge in [-0.3, -0.25) is 9.10 Å². The van der Waals surface area contributed by atoms with Crippen molar-refractivity contribution in [1.82, 2.24) is 0 Å². The Morgan fingerprint density at radius 2 is 1.89 bits per heavy atom. The van der Waals surface area contributed by atoms with Crippen LogP contribution in [0.15, 0.2) is 64.9 Å². The number of carbonyl (C=O) groups is 1. The minimum absolute atomic E-state index is 0.0419. The molecule has 0 bridgehead atoms. The number of anilines is 2. The number of hydrogen-bond donors (Lipinski definition) is 1. The molecule has 0 fully saturated rings. The van der Waals surface area contributed by atoms with Crippen molar-refractivity contribution in [2.24, 2.45) is 0 Å². The molecule has 0 aliphatic carbocycles.